The number of hydrogen-bond donors (Lipinski definition) is 0. The maximum Gasteiger partial charge on any atom is 0.0594 e. The molecule has 0 unspecified atom stereocenters. The molecule has 0 atom stereocenters. The van der Waals surface area contributed by atoms with Gasteiger partial charge in [-0.15, -0.1) is 0 Å². The molecule has 1 aromatic carbocycles. The molecule has 1 saturated heterocycles. The van der Waals surface area contributed by atoms with Crippen LogP contribution in [0.1, 0.15) is 12.5 Å². The van der Waals surface area contributed by atoms with Crippen LogP contribution in [0.2, 0.25) is 0 Å². The van der Waals surface area contributed by atoms with Crippen molar-refractivity contribution < 1.29 is 4.74 Å². The van der Waals surface area contributed by atoms with E-state index in [1.165, 1.54) is 11.5 Å². The number of hydrogen-bond acceptors (Lipinski definition) is 2. The van der Waals surface area contributed by atoms with Crippen LogP contribution < -0.4 is 0 Å². The van der Waals surface area contributed by atoms with E-state index < -0.39 is 0 Å². The summed E-state index contributed by atoms with van der Waals surface area (Å²) in [6.45, 7) is 7.15. The number of ether oxygens (including phenoxy) is 1. The van der Waals surface area contributed by atoms with E-state index >= 15 is 0 Å². The molecule has 2 rings (SSSR count). The molecule has 2 heteroatoms. The number of benzene rings is 1. The Morgan fingerprint density at radius 3 is 2.53 bits per heavy atom. The van der Waals surface area contributed by atoms with Gasteiger partial charge in [0, 0.05) is 25.6 Å². The molecule has 1 heterocycles. The van der Waals surface area contributed by atoms with Crippen LogP contribution in [-0.4, -0.2) is 37.7 Å². The van der Waals surface area contributed by atoms with Crippen LogP contribution in [-0.2, 0) is 4.74 Å². The lowest BCUT2D eigenvalue weighted by atomic mass is 10.0. The van der Waals surface area contributed by atoms with E-state index in [0.29, 0.717) is 0 Å². The third-order valence-electron chi connectivity index (χ3n) is 2.83. The highest BCUT2D eigenvalue weighted by Crippen LogP contribution is 2.15. The minimum atomic E-state index is 0.877. The van der Waals surface area contributed by atoms with Gasteiger partial charge < -0.3 is 4.74 Å². The van der Waals surface area contributed by atoms with Crippen molar-refractivity contribution in [1.82, 2.24) is 4.90 Å². The minimum Gasteiger partial charge on any atom is -0.379 e. The summed E-state index contributed by atoms with van der Waals surface area (Å²) in [4.78, 5) is 2.45. The highest BCUT2D eigenvalue weighted by Gasteiger charge is 2.14. The summed E-state index contributed by atoms with van der Waals surface area (Å²) in [6.07, 6.45) is 0. The standard InChI is InChI=1S/C13H18NO/c1-12(13-5-3-2-4-6-13)11-14-7-9-15-10-8-14/h2-6H,7-11H2,1H3. The van der Waals surface area contributed by atoms with E-state index in [0.717, 1.165) is 32.8 Å². The molecule has 81 valence electrons. The highest BCUT2D eigenvalue weighted by atomic mass is 16.5. The van der Waals surface area contributed by atoms with E-state index in [1.807, 2.05) is 0 Å². The van der Waals surface area contributed by atoms with Gasteiger partial charge in [-0.3, -0.25) is 4.90 Å². The first kappa shape index (κ1) is 10.7. The van der Waals surface area contributed by atoms with Gasteiger partial charge in [0.2, 0.25) is 0 Å². The van der Waals surface area contributed by atoms with E-state index in [9.17, 15) is 0 Å². The first-order valence-corrected chi connectivity index (χ1v) is 5.54. The molecule has 0 amide bonds. The minimum absolute atomic E-state index is 0.877. The Hall–Kier alpha value is -0.860. The van der Waals surface area contributed by atoms with Crippen molar-refractivity contribution in [2.24, 2.45) is 0 Å². The van der Waals surface area contributed by atoms with Crippen molar-refractivity contribution in [3.63, 3.8) is 0 Å². The predicted molar refractivity (Wildman–Crippen MR) is 61.7 cm³/mol. The molecule has 1 fully saturated rings. The molecular formula is C13H18NO. The van der Waals surface area contributed by atoms with Crippen LogP contribution in [0.25, 0.3) is 0 Å². The van der Waals surface area contributed by atoms with Crippen molar-refractivity contribution in [1.29, 1.82) is 0 Å². The largest absolute Gasteiger partial charge is 0.379 e. The summed E-state index contributed by atoms with van der Waals surface area (Å²) < 4.78 is 5.34. The molecule has 1 aliphatic heterocycles. The molecule has 1 aliphatic rings. The zero-order chi connectivity index (χ0) is 10.5. The second-order valence-corrected chi connectivity index (χ2v) is 4.03. The van der Waals surface area contributed by atoms with E-state index in [2.05, 4.69) is 42.2 Å². The van der Waals surface area contributed by atoms with Crippen LogP contribution in [0, 0.1) is 5.92 Å². The topological polar surface area (TPSA) is 12.5 Å². The Kier molecular flexibility index (Phi) is 3.75. The Morgan fingerprint density at radius 1 is 1.20 bits per heavy atom. The highest BCUT2D eigenvalue weighted by molar-refractivity contribution is 5.29. The Labute approximate surface area is 91.9 Å². The Balaban J connectivity index is 1.88. The molecular weight excluding hydrogens is 186 g/mol. The van der Waals surface area contributed by atoms with Crippen molar-refractivity contribution in [3.8, 4) is 0 Å². The average molecular weight is 204 g/mol. The fraction of sp³-hybridized carbons (Fsp3) is 0.462. The van der Waals surface area contributed by atoms with Crippen LogP contribution in [0.5, 0.6) is 0 Å². The number of morpholine rings is 1. The summed E-state index contributed by atoms with van der Waals surface area (Å²) in [7, 11) is 0. The average Bonchev–Trinajstić information content (AvgIpc) is 2.31. The predicted octanol–water partition coefficient (Wildman–Crippen LogP) is 1.96. The molecule has 1 aromatic rings. The summed E-state index contributed by atoms with van der Waals surface area (Å²) in [6, 6.07) is 10.6. The van der Waals surface area contributed by atoms with Gasteiger partial charge in [0.05, 0.1) is 13.2 Å². The third-order valence-corrected chi connectivity index (χ3v) is 2.83. The van der Waals surface area contributed by atoms with Crippen LogP contribution in [0.4, 0.5) is 0 Å². The lowest BCUT2D eigenvalue weighted by molar-refractivity contribution is 0.0405. The summed E-state index contributed by atoms with van der Waals surface area (Å²) in [5.41, 5.74) is 1.35. The molecule has 0 N–H and O–H groups in total. The molecule has 0 bridgehead atoms. The van der Waals surface area contributed by atoms with E-state index in [-0.39, 0.29) is 0 Å². The maximum atomic E-state index is 5.34. The van der Waals surface area contributed by atoms with Gasteiger partial charge in [-0.05, 0) is 5.56 Å². The van der Waals surface area contributed by atoms with Crippen molar-refractivity contribution in [2.45, 2.75) is 6.92 Å². The quantitative estimate of drug-likeness (QED) is 0.746. The van der Waals surface area contributed by atoms with Crippen molar-refractivity contribution >= 4 is 0 Å². The molecule has 2 nitrogen and oxygen atoms in total. The molecule has 0 aliphatic carbocycles. The molecule has 0 spiro atoms. The maximum absolute atomic E-state index is 5.34. The van der Waals surface area contributed by atoms with Crippen LogP contribution in [0.3, 0.4) is 0 Å². The molecule has 0 aromatic heterocycles. The summed E-state index contributed by atoms with van der Waals surface area (Å²) in [5.74, 6) is 1.44. The van der Waals surface area contributed by atoms with Crippen LogP contribution in [0.15, 0.2) is 30.3 Å². The first-order chi connectivity index (χ1) is 7.36. The molecule has 15 heavy (non-hydrogen) atoms. The fourth-order valence-corrected chi connectivity index (χ4v) is 1.91. The molecule has 0 saturated carbocycles. The Morgan fingerprint density at radius 2 is 1.87 bits per heavy atom. The normalized spacial score (nSPS) is 18.3. The number of nitrogens with zero attached hydrogens (tertiary/aromatic N) is 1. The second kappa shape index (κ2) is 5.29. The van der Waals surface area contributed by atoms with Gasteiger partial charge in [0.15, 0.2) is 0 Å². The van der Waals surface area contributed by atoms with Gasteiger partial charge in [0.1, 0.15) is 0 Å². The number of rotatable bonds is 3. The van der Waals surface area contributed by atoms with Gasteiger partial charge in [-0.1, -0.05) is 37.3 Å². The molecule has 1 radical (unpaired) electrons. The SMILES string of the molecule is C[C](CN1CCOCC1)c1ccccc1. The van der Waals surface area contributed by atoms with Gasteiger partial charge in [-0.2, -0.15) is 0 Å². The lowest BCUT2D eigenvalue weighted by Crippen LogP contribution is -2.38. The van der Waals surface area contributed by atoms with E-state index in [1.54, 1.807) is 0 Å². The smallest absolute Gasteiger partial charge is 0.0594 e. The zero-order valence-corrected chi connectivity index (χ0v) is 9.28. The van der Waals surface area contributed by atoms with Gasteiger partial charge >= 0.3 is 0 Å². The van der Waals surface area contributed by atoms with Crippen molar-refractivity contribution in [3.05, 3.63) is 41.8 Å². The third kappa shape index (κ3) is 3.05. The second-order valence-electron chi connectivity index (χ2n) is 4.03. The van der Waals surface area contributed by atoms with Gasteiger partial charge in [0.25, 0.3) is 0 Å². The first-order valence-electron chi connectivity index (χ1n) is 5.54. The monoisotopic (exact) mass is 204 g/mol. The van der Waals surface area contributed by atoms with E-state index in [4.69, 9.17) is 4.74 Å². The lowest BCUT2D eigenvalue weighted by Gasteiger charge is -2.28. The summed E-state index contributed by atoms with van der Waals surface area (Å²) in [5, 5.41) is 0. The van der Waals surface area contributed by atoms with Crippen LogP contribution >= 0.6 is 0 Å². The zero-order valence-electron chi connectivity index (χ0n) is 9.28. The Bertz CT molecular complexity index is 280. The van der Waals surface area contributed by atoms with Crippen molar-refractivity contribution in [2.75, 3.05) is 32.8 Å². The summed E-state index contributed by atoms with van der Waals surface area (Å²) >= 11 is 0. The van der Waals surface area contributed by atoms with Gasteiger partial charge in [-0.25, -0.2) is 0 Å². The fourth-order valence-electron chi connectivity index (χ4n) is 1.91.